The Morgan fingerprint density at radius 1 is 1.14 bits per heavy atom. The Labute approximate surface area is 125 Å². The minimum atomic E-state index is 0.535. The van der Waals surface area contributed by atoms with Gasteiger partial charge in [0.15, 0.2) is 5.82 Å². The number of anilines is 1. The van der Waals surface area contributed by atoms with E-state index in [0.717, 1.165) is 11.3 Å². The Hall–Kier alpha value is -2.38. The van der Waals surface area contributed by atoms with E-state index < -0.39 is 0 Å². The van der Waals surface area contributed by atoms with Gasteiger partial charge in [-0.25, -0.2) is 20.8 Å². The Morgan fingerprint density at radius 2 is 1.95 bits per heavy atom. The minimum absolute atomic E-state index is 0.535. The summed E-state index contributed by atoms with van der Waals surface area (Å²) in [5.74, 6) is 6.61. The molecule has 2 heterocycles. The predicted octanol–water partition coefficient (Wildman–Crippen LogP) is 2.88. The monoisotopic (exact) mass is 299 g/mol. The van der Waals surface area contributed by atoms with Crippen molar-refractivity contribution in [3.63, 3.8) is 0 Å². The van der Waals surface area contributed by atoms with Gasteiger partial charge in [0.25, 0.3) is 5.22 Å². The van der Waals surface area contributed by atoms with Crippen LogP contribution in [0.5, 0.6) is 0 Å². The molecule has 0 aliphatic carbocycles. The molecule has 0 aliphatic rings. The first kappa shape index (κ1) is 13.6. The lowest BCUT2D eigenvalue weighted by atomic mass is 10.2. The van der Waals surface area contributed by atoms with Gasteiger partial charge < -0.3 is 9.84 Å². The number of hydrogen-bond donors (Lipinski definition) is 2. The van der Waals surface area contributed by atoms with Crippen molar-refractivity contribution in [2.45, 2.75) is 17.2 Å². The first-order valence-electron chi connectivity index (χ1n) is 6.26. The summed E-state index contributed by atoms with van der Waals surface area (Å²) in [5.41, 5.74) is 4.30. The molecule has 0 bridgehead atoms. The highest BCUT2D eigenvalue weighted by molar-refractivity contribution is 7.99. The van der Waals surface area contributed by atoms with Gasteiger partial charge in [-0.05, 0) is 18.7 Å². The van der Waals surface area contributed by atoms with Crippen LogP contribution in [0.4, 0.5) is 5.82 Å². The van der Waals surface area contributed by atoms with E-state index in [1.54, 1.807) is 12.3 Å². The normalized spacial score (nSPS) is 10.6. The maximum atomic E-state index is 5.47. The molecule has 7 heteroatoms. The highest BCUT2D eigenvalue weighted by Gasteiger charge is 2.10. The quantitative estimate of drug-likeness (QED) is 0.435. The fourth-order valence-corrected chi connectivity index (χ4v) is 2.50. The van der Waals surface area contributed by atoms with Gasteiger partial charge in [-0.2, -0.15) is 0 Å². The molecule has 0 saturated heterocycles. The number of nitrogens with one attached hydrogen (secondary N) is 1. The van der Waals surface area contributed by atoms with E-state index in [9.17, 15) is 0 Å². The number of aryl methyl sites for hydroxylation is 1. The van der Waals surface area contributed by atoms with E-state index in [2.05, 4.69) is 20.4 Å². The van der Waals surface area contributed by atoms with Crippen LogP contribution in [0, 0.1) is 6.92 Å². The van der Waals surface area contributed by atoms with Crippen LogP contribution in [0.15, 0.2) is 57.3 Å². The zero-order valence-electron chi connectivity index (χ0n) is 11.3. The summed E-state index contributed by atoms with van der Waals surface area (Å²) in [7, 11) is 0. The lowest BCUT2D eigenvalue weighted by molar-refractivity contribution is 0.454. The van der Waals surface area contributed by atoms with Crippen LogP contribution in [0.3, 0.4) is 0 Å². The summed E-state index contributed by atoms with van der Waals surface area (Å²) >= 11 is 1.32. The van der Waals surface area contributed by atoms with Gasteiger partial charge in [0.2, 0.25) is 0 Å². The van der Waals surface area contributed by atoms with Crippen LogP contribution in [0.2, 0.25) is 0 Å². The number of nitrogens with zero attached hydrogens (tertiary/aromatic N) is 3. The number of hydrazine groups is 1. The number of benzene rings is 1. The topological polar surface area (TPSA) is 89.9 Å². The average molecular weight is 299 g/mol. The molecule has 0 radical (unpaired) electrons. The fourth-order valence-electron chi connectivity index (χ4n) is 1.74. The third-order valence-corrected chi connectivity index (χ3v) is 3.45. The van der Waals surface area contributed by atoms with Crippen molar-refractivity contribution in [1.29, 1.82) is 0 Å². The number of aromatic nitrogens is 3. The molecule has 3 aromatic rings. The smallest absolute Gasteiger partial charge is 0.262 e. The van der Waals surface area contributed by atoms with Crippen molar-refractivity contribution in [1.82, 2.24) is 15.0 Å². The Bertz CT molecular complexity index is 744. The van der Waals surface area contributed by atoms with Crippen LogP contribution in [-0.4, -0.2) is 15.0 Å². The minimum Gasteiger partial charge on any atom is -0.439 e. The molecular weight excluding hydrogens is 286 g/mol. The molecule has 3 rings (SSSR count). The van der Waals surface area contributed by atoms with Gasteiger partial charge in [-0.1, -0.05) is 30.3 Å². The second-order valence-corrected chi connectivity index (χ2v) is 5.25. The molecule has 0 amide bonds. The van der Waals surface area contributed by atoms with Crippen LogP contribution in [0.25, 0.3) is 11.4 Å². The van der Waals surface area contributed by atoms with Gasteiger partial charge in [0.05, 0.1) is 5.69 Å². The molecule has 2 aromatic heterocycles. The number of oxazole rings is 1. The van der Waals surface area contributed by atoms with E-state index in [-0.39, 0.29) is 0 Å². The standard InChI is InChI=1S/C14H13N5OS/c1-9-8-20-14(16-9)21-12-7-11(19-15)17-13(18-12)10-5-3-2-4-6-10/h2-8H,15H2,1H3,(H,17,18,19). The largest absolute Gasteiger partial charge is 0.439 e. The SMILES string of the molecule is Cc1coc(Sc2cc(NN)nc(-c3ccccc3)n2)n1. The highest BCUT2D eigenvalue weighted by atomic mass is 32.2. The van der Waals surface area contributed by atoms with Crippen LogP contribution in [-0.2, 0) is 0 Å². The van der Waals surface area contributed by atoms with Crippen molar-refractivity contribution >= 4 is 17.6 Å². The Kier molecular flexibility index (Phi) is 3.85. The number of hydrogen-bond acceptors (Lipinski definition) is 7. The molecule has 21 heavy (non-hydrogen) atoms. The number of nitrogens with two attached hydrogens (primary N) is 1. The molecule has 1 aromatic carbocycles. The molecule has 0 saturated carbocycles. The zero-order chi connectivity index (χ0) is 14.7. The summed E-state index contributed by atoms with van der Waals surface area (Å²) in [6.45, 7) is 1.87. The fraction of sp³-hybridized carbons (Fsp3) is 0.0714. The van der Waals surface area contributed by atoms with E-state index in [1.807, 2.05) is 37.3 Å². The lowest BCUT2D eigenvalue weighted by Crippen LogP contribution is -2.09. The zero-order valence-corrected chi connectivity index (χ0v) is 12.1. The third kappa shape index (κ3) is 3.21. The van der Waals surface area contributed by atoms with E-state index in [4.69, 9.17) is 10.3 Å². The molecule has 6 nitrogen and oxygen atoms in total. The lowest BCUT2D eigenvalue weighted by Gasteiger charge is -2.06. The summed E-state index contributed by atoms with van der Waals surface area (Å²) in [4.78, 5) is 13.1. The van der Waals surface area contributed by atoms with Gasteiger partial charge in [-0.3, -0.25) is 0 Å². The third-order valence-electron chi connectivity index (χ3n) is 2.67. The maximum Gasteiger partial charge on any atom is 0.262 e. The van der Waals surface area contributed by atoms with Gasteiger partial charge in [-0.15, -0.1) is 0 Å². The summed E-state index contributed by atoms with van der Waals surface area (Å²) in [6, 6.07) is 11.5. The second kappa shape index (κ2) is 5.94. The van der Waals surface area contributed by atoms with E-state index in [0.29, 0.717) is 21.9 Å². The van der Waals surface area contributed by atoms with E-state index in [1.165, 1.54) is 11.8 Å². The van der Waals surface area contributed by atoms with Gasteiger partial charge in [0, 0.05) is 11.6 Å². The average Bonchev–Trinajstić information content (AvgIpc) is 2.93. The molecule has 0 atom stereocenters. The first-order valence-corrected chi connectivity index (χ1v) is 7.07. The summed E-state index contributed by atoms with van der Waals surface area (Å²) in [6.07, 6.45) is 1.60. The van der Waals surface area contributed by atoms with Crippen LogP contribution in [0.1, 0.15) is 5.69 Å². The molecule has 3 N–H and O–H groups in total. The molecule has 106 valence electrons. The maximum absolute atomic E-state index is 5.47. The predicted molar refractivity (Wildman–Crippen MR) is 80.6 cm³/mol. The molecule has 0 unspecified atom stereocenters. The first-order chi connectivity index (χ1) is 10.2. The summed E-state index contributed by atoms with van der Waals surface area (Å²) in [5, 5.41) is 1.24. The Morgan fingerprint density at radius 3 is 2.62 bits per heavy atom. The van der Waals surface area contributed by atoms with Crippen molar-refractivity contribution in [2.24, 2.45) is 5.84 Å². The van der Waals surface area contributed by atoms with Crippen LogP contribution < -0.4 is 11.3 Å². The van der Waals surface area contributed by atoms with Crippen molar-refractivity contribution in [3.8, 4) is 11.4 Å². The van der Waals surface area contributed by atoms with Gasteiger partial charge in [0.1, 0.15) is 17.1 Å². The highest BCUT2D eigenvalue weighted by Crippen LogP contribution is 2.28. The van der Waals surface area contributed by atoms with Crippen molar-refractivity contribution < 1.29 is 4.42 Å². The molecule has 0 spiro atoms. The van der Waals surface area contributed by atoms with Crippen LogP contribution >= 0.6 is 11.8 Å². The number of rotatable bonds is 4. The van der Waals surface area contributed by atoms with Crippen molar-refractivity contribution in [2.75, 3.05) is 5.43 Å². The van der Waals surface area contributed by atoms with E-state index >= 15 is 0 Å². The second-order valence-electron chi connectivity index (χ2n) is 4.28. The Balaban J connectivity index is 1.97. The number of nitrogen functional groups attached to an aromatic ring is 1. The van der Waals surface area contributed by atoms with Gasteiger partial charge >= 0.3 is 0 Å². The molecular formula is C14H13N5OS. The molecule has 0 fully saturated rings. The molecule has 0 aliphatic heterocycles. The summed E-state index contributed by atoms with van der Waals surface area (Å²) < 4.78 is 5.33. The van der Waals surface area contributed by atoms with Crippen molar-refractivity contribution in [3.05, 3.63) is 48.4 Å².